The number of nitrogens with zero attached hydrogens (tertiary/aromatic N) is 10. The van der Waals surface area contributed by atoms with E-state index in [2.05, 4.69) is 88.3 Å². The number of benzene rings is 2. The van der Waals surface area contributed by atoms with Crippen LogP contribution in [-0.4, -0.2) is 150 Å². The number of rotatable bonds is 24. The van der Waals surface area contributed by atoms with Gasteiger partial charge in [-0.3, -0.25) is 9.59 Å². The number of carbonyl (C=O) groups excluding carboxylic acids is 2. The Morgan fingerprint density at radius 3 is 1.28 bits per heavy atom. The van der Waals surface area contributed by atoms with Gasteiger partial charge in [-0.05, 0) is 127 Å². The first-order chi connectivity index (χ1) is 34.6. The van der Waals surface area contributed by atoms with Crippen LogP contribution >= 0.6 is 0 Å². The molecule has 22 heteroatoms. The zero-order valence-electron chi connectivity index (χ0n) is 42.8. The van der Waals surface area contributed by atoms with Gasteiger partial charge in [0.25, 0.3) is 11.8 Å². The SMILES string of the molecule is CCc1cc(-c2noc(-c3cc(C)nc(N(CC)CC)n3)n2)cc(C)c1OC[C@@H](O)CNC(=O)CO.CCc1cc(-c2noc(-c3cc(C)nc(N(CC)CC)n3)n2)cc(C)c1OC[C@@H](O)CNC(=O)CO. The first-order valence-electron chi connectivity index (χ1n) is 24.1. The van der Waals surface area contributed by atoms with Crippen LogP contribution in [0.1, 0.15) is 75.2 Å². The lowest BCUT2D eigenvalue weighted by atomic mass is 10.0. The summed E-state index contributed by atoms with van der Waals surface area (Å²) in [7, 11) is 0. The highest BCUT2D eigenvalue weighted by Gasteiger charge is 2.21. The molecule has 2 aromatic carbocycles. The first kappa shape index (κ1) is 55.8. The molecule has 4 aromatic heterocycles. The summed E-state index contributed by atoms with van der Waals surface area (Å²) in [5.41, 5.74) is 7.85. The van der Waals surface area contributed by atoms with Gasteiger partial charge in [-0.15, -0.1) is 0 Å². The molecule has 6 aromatic rings. The van der Waals surface area contributed by atoms with Crippen LogP contribution in [0, 0.1) is 27.7 Å². The molecule has 0 bridgehead atoms. The molecule has 6 rings (SSSR count). The molecule has 0 aliphatic heterocycles. The van der Waals surface area contributed by atoms with Crippen molar-refractivity contribution in [2.75, 3.05) is 75.5 Å². The topological polar surface area (TPSA) is 293 Å². The van der Waals surface area contributed by atoms with E-state index < -0.39 is 37.2 Å². The maximum atomic E-state index is 11.2. The summed E-state index contributed by atoms with van der Waals surface area (Å²) >= 11 is 0. The third-order valence-electron chi connectivity index (χ3n) is 11.2. The second kappa shape index (κ2) is 26.9. The van der Waals surface area contributed by atoms with Crippen molar-refractivity contribution < 1.29 is 48.5 Å². The molecule has 4 heterocycles. The molecular formula is C50H68N12O10. The standard InChI is InChI=1S/2C25H34N6O5/c2*1-6-17-11-18(9-15(4)22(17)35-14-19(33)12-26-21(34)13-32)23-29-24(36-30-23)20-10-16(5)27-25(28-20)31(7-2)8-3/h2*9-11,19,32-33H,6-8,12-14H2,1-5H3,(H,26,34)/t2*19-/m00/s1. The number of aliphatic hydroxyl groups is 4. The highest BCUT2D eigenvalue weighted by Crippen LogP contribution is 2.33. The highest BCUT2D eigenvalue weighted by molar-refractivity contribution is 5.77. The number of ether oxygens (including phenoxy) is 2. The van der Waals surface area contributed by atoms with Gasteiger partial charge in [0.15, 0.2) is 0 Å². The van der Waals surface area contributed by atoms with Crippen molar-refractivity contribution in [1.29, 1.82) is 0 Å². The molecule has 72 heavy (non-hydrogen) atoms. The van der Waals surface area contributed by atoms with Crippen molar-refractivity contribution in [3.8, 4) is 57.4 Å². The Morgan fingerprint density at radius 2 is 0.944 bits per heavy atom. The van der Waals surface area contributed by atoms with Crippen LogP contribution < -0.4 is 29.9 Å². The average molecular weight is 997 g/mol. The molecule has 0 aliphatic rings. The molecule has 0 saturated heterocycles. The van der Waals surface area contributed by atoms with Gasteiger partial charge in [0.05, 0.1) is 0 Å². The number of hydrogen-bond donors (Lipinski definition) is 6. The van der Waals surface area contributed by atoms with E-state index in [0.717, 1.165) is 70.9 Å². The summed E-state index contributed by atoms with van der Waals surface area (Å²) in [5, 5.41) is 50.9. The number of aryl methyl sites for hydroxylation is 6. The van der Waals surface area contributed by atoms with Crippen molar-refractivity contribution in [1.82, 2.24) is 50.9 Å². The van der Waals surface area contributed by atoms with Gasteiger partial charge in [0.1, 0.15) is 61.5 Å². The van der Waals surface area contributed by atoms with E-state index in [-0.39, 0.29) is 26.3 Å². The van der Waals surface area contributed by atoms with E-state index in [9.17, 15) is 19.8 Å². The quantitative estimate of drug-likeness (QED) is 0.0497. The predicted octanol–water partition coefficient (Wildman–Crippen LogP) is 4.13. The minimum atomic E-state index is -0.915. The van der Waals surface area contributed by atoms with Gasteiger partial charge in [0.2, 0.25) is 35.4 Å². The minimum absolute atomic E-state index is 0.00676. The molecule has 0 aliphatic carbocycles. The summed E-state index contributed by atoms with van der Waals surface area (Å²) in [5.74, 6) is 2.96. The molecule has 0 fully saturated rings. The monoisotopic (exact) mass is 997 g/mol. The Morgan fingerprint density at radius 1 is 0.569 bits per heavy atom. The molecule has 2 amide bonds. The Kier molecular flexibility index (Phi) is 20.8. The van der Waals surface area contributed by atoms with Gasteiger partial charge >= 0.3 is 0 Å². The van der Waals surface area contributed by atoms with Crippen LogP contribution in [-0.2, 0) is 22.4 Å². The highest BCUT2D eigenvalue weighted by atomic mass is 16.5. The smallest absolute Gasteiger partial charge is 0.277 e. The summed E-state index contributed by atoms with van der Waals surface area (Å²) in [6.07, 6.45) is -0.461. The third-order valence-corrected chi connectivity index (χ3v) is 11.2. The Balaban J connectivity index is 0.000000267. The normalized spacial score (nSPS) is 11.9. The van der Waals surface area contributed by atoms with Crippen LogP contribution in [0.3, 0.4) is 0 Å². The third kappa shape index (κ3) is 14.9. The number of amides is 2. The second-order valence-electron chi connectivity index (χ2n) is 16.7. The molecule has 0 spiro atoms. The molecule has 388 valence electrons. The Hall–Kier alpha value is -7.14. The van der Waals surface area contributed by atoms with Gasteiger partial charge in [-0.1, -0.05) is 24.2 Å². The van der Waals surface area contributed by atoms with Crippen LogP contribution in [0.2, 0.25) is 0 Å². The van der Waals surface area contributed by atoms with Gasteiger partial charge < -0.3 is 59.4 Å². The zero-order chi connectivity index (χ0) is 52.5. The fourth-order valence-electron chi connectivity index (χ4n) is 7.45. The lowest BCUT2D eigenvalue weighted by Gasteiger charge is -2.18. The lowest BCUT2D eigenvalue weighted by Crippen LogP contribution is -2.36. The molecular weight excluding hydrogens is 929 g/mol. The van der Waals surface area contributed by atoms with Gasteiger partial charge in [-0.2, -0.15) is 9.97 Å². The number of anilines is 2. The Labute approximate surface area is 419 Å². The number of aliphatic hydroxyl groups excluding tert-OH is 4. The zero-order valence-corrected chi connectivity index (χ0v) is 42.8. The number of carbonyl (C=O) groups is 2. The van der Waals surface area contributed by atoms with Crippen molar-refractivity contribution in [3.63, 3.8) is 0 Å². The Bertz CT molecular complexity index is 2540. The molecule has 6 N–H and O–H groups in total. The molecule has 2 atom stereocenters. The summed E-state index contributed by atoms with van der Waals surface area (Å²) in [6.45, 7) is 21.7. The average Bonchev–Trinajstić information content (AvgIpc) is 4.09. The molecule has 0 saturated carbocycles. The largest absolute Gasteiger partial charge is 0.490 e. The van der Waals surface area contributed by atoms with Crippen molar-refractivity contribution in [2.24, 2.45) is 0 Å². The van der Waals surface area contributed by atoms with Crippen LogP contribution in [0.15, 0.2) is 45.4 Å². The van der Waals surface area contributed by atoms with E-state index in [0.29, 0.717) is 71.1 Å². The summed E-state index contributed by atoms with van der Waals surface area (Å²) < 4.78 is 22.9. The predicted molar refractivity (Wildman–Crippen MR) is 270 cm³/mol. The molecule has 0 unspecified atom stereocenters. The van der Waals surface area contributed by atoms with Gasteiger partial charge in [0, 0.05) is 61.8 Å². The van der Waals surface area contributed by atoms with E-state index in [4.69, 9.17) is 28.7 Å². The van der Waals surface area contributed by atoms with Crippen molar-refractivity contribution in [2.45, 2.75) is 94.3 Å². The van der Waals surface area contributed by atoms with E-state index >= 15 is 0 Å². The van der Waals surface area contributed by atoms with E-state index in [1.54, 1.807) is 0 Å². The maximum absolute atomic E-state index is 11.2. The molecule has 22 nitrogen and oxygen atoms in total. The van der Waals surface area contributed by atoms with Gasteiger partial charge in [-0.25, -0.2) is 19.9 Å². The summed E-state index contributed by atoms with van der Waals surface area (Å²) in [6, 6.07) is 11.3. The van der Waals surface area contributed by atoms with Crippen LogP contribution in [0.25, 0.3) is 45.9 Å². The number of aromatic nitrogens is 8. The summed E-state index contributed by atoms with van der Waals surface area (Å²) in [4.78, 5) is 53.9. The fraction of sp³-hybridized carbons (Fsp3) is 0.480. The van der Waals surface area contributed by atoms with Crippen molar-refractivity contribution in [3.05, 3.63) is 70.0 Å². The van der Waals surface area contributed by atoms with E-state index in [1.165, 1.54) is 0 Å². The maximum Gasteiger partial charge on any atom is 0.277 e. The lowest BCUT2D eigenvalue weighted by molar-refractivity contribution is -0.125. The first-order valence-corrected chi connectivity index (χ1v) is 24.1. The molecule has 0 radical (unpaired) electrons. The fourth-order valence-corrected chi connectivity index (χ4v) is 7.45. The van der Waals surface area contributed by atoms with Crippen LogP contribution in [0.4, 0.5) is 11.9 Å². The number of nitrogens with one attached hydrogen (secondary N) is 2. The second-order valence-corrected chi connectivity index (χ2v) is 16.7. The number of hydrogen-bond acceptors (Lipinski definition) is 20. The minimum Gasteiger partial charge on any atom is -0.490 e. The van der Waals surface area contributed by atoms with E-state index in [1.807, 2.05) is 77.9 Å². The van der Waals surface area contributed by atoms with Crippen molar-refractivity contribution >= 4 is 23.7 Å². The van der Waals surface area contributed by atoms with Crippen LogP contribution in [0.5, 0.6) is 11.5 Å².